The highest BCUT2D eigenvalue weighted by molar-refractivity contribution is 6.35. The summed E-state index contributed by atoms with van der Waals surface area (Å²) in [5.41, 5.74) is 0.629. The van der Waals surface area contributed by atoms with Gasteiger partial charge in [-0.1, -0.05) is 35.9 Å². The third kappa shape index (κ3) is 4.81. The average Bonchev–Trinajstić information content (AvgIpc) is 2.85. The molecule has 1 atom stereocenters. The van der Waals surface area contributed by atoms with Crippen LogP contribution in [-0.2, 0) is 9.59 Å². The van der Waals surface area contributed by atoms with Gasteiger partial charge in [-0.2, -0.15) is 0 Å². The van der Waals surface area contributed by atoms with E-state index in [1.807, 2.05) is 30.3 Å². The van der Waals surface area contributed by atoms with Crippen molar-refractivity contribution in [3.63, 3.8) is 0 Å². The number of rotatable bonds is 5. The Morgan fingerprint density at radius 1 is 1.03 bits per heavy atom. The van der Waals surface area contributed by atoms with E-state index in [1.165, 1.54) is 23.1 Å². The number of nitrogens with one attached hydrogen (secondary N) is 1. The molecular formula is C23H24ClN5O5. The number of hydrogen-bond acceptors (Lipinski definition) is 6. The van der Waals surface area contributed by atoms with Crippen molar-refractivity contribution < 1.29 is 19.3 Å². The van der Waals surface area contributed by atoms with E-state index in [9.17, 15) is 24.5 Å². The van der Waals surface area contributed by atoms with E-state index in [0.29, 0.717) is 26.2 Å². The van der Waals surface area contributed by atoms with E-state index in [2.05, 4.69) is 10.2 Å². The minimum absolute atomic E-state index is 0.0699. The highest BCUT2D eigenvalue weighted by Crippen LogP contribution is 2.29. The van der Waals surface area contributed by atoms with E-state index < -0.39 is 28.5 Å². The Balaban J connectivity index is 1.45. The number of nitro groups is 1. The summed E-state index contributed by atoms with van der Waals surface area (Å²) >= 11 is 6.12. The van der Waals surface area contributed by atoms with Gasteiger partial charge in [-0.25, -0.2) is 0 Å². The topological polar surface area (TPSA) is 116 Å². The number of para-hydroxylation sites is 1. The van der Waals surface area contributed by atoms with Gasteiger partial charge in [0.15, 0.2) is 0 Å². The van der Waals surface area contributed by atoms with Crippen LogP contribution < -0.4 is 10.2 Å². The molecule has 178 valence electrons. The van der Waals surface area contributed by atoms with Gasteiger partial charge < -0.3 is 20.0 Å². The first kappa shape index (κ1) is 23.5. The van der Waals surface area contributed by atoms with E-state index in [-0.39, 0.29) is 36.0 Å². The maximum absolute atomic E-state index is 13.2. The summed E-state index contributed by atoms with van der Waals surface area (Å²) in [5, 5.41) is 13.6. The van der Waals surface area contributed by atoms with Crippen molar-refractivity contribution in [1.29, 1.82) is 0 Å². The summed E-state index contributed by atoms with van der Waals surface area (Å²) in [6, 6.07) is 12.9. The quantitative estimate of drug-likeness (QED) is 0.511. The number of halogens is 1. The first-order valence-electron chi connectivity index (χ1n) is 11.0. The standard InChI is InChI=1S/C23H24ClN5O5/c24-21-17(7-4-8-18(21)29(33)34)23(32)28-10-9-25-22(31)19(28)15-20(30)27-13-11-26(12-14-27)16-5-2-1-3-6-16/h1-8,19H,9-15H2,(H,25,31). The van der Waals surface area contributed by atoms with Crippen LogP contribution in [0.4, 0.5) is 11.4 Å². The number of amides is 3. The van der Waals surface area contributed by atoms with Gasteiger partial charge in [0.25, 0.3) is 11.6 Å². The number of anilines is 1. The van der Waals surface area contributed by atoms with Crippen LogP contribution in [0.15, 0.2) is 48.5 Å². The average molecular weight is 486 g/mol. The maximum Gasteiger partial charge on any atom is 0.288 e. The molecule has 1 unspecified atom stereocenters. The van der Waals surface area contributed by atoms with E-state index in [0.717, 1.165) is 5.69 Å². The Morgan fingerprint density at radius 2 is 1.74 bits per heavy atom. The summed E-state index contributed by atoms with van der Waals surface area (Å²) in [6.07, 6.45) is -0.171. The molecule has 1 N–H and O–H groups in total. The molecule has 2 saturated heterocycles. The normalized spacial score (nSPS) is 18.4. The number of hydrogen-bond donors (Lipinski definition) is 1. The molecule has 0 bridgehead atoms. The Bertz CT molecular complexity index is 1100. The molecular weight excluding hydrogens is 462 g/mol. The molecule has 2 aromatic rings. The van der Waals surface area contributed by atoms with Crippen LogP contribution in [0, 0.1) is 10.1 Å². The van der Waals surface area contributed by atoms with Gasteiger partial charge in [0, 0.05) is 51.0 Å². The molecule has 0 saturated carbocycles. The van der Waals surface area contributed by atoms with Crippen molar-refractivity contribution >= 4 is 40.7 Å². The fourth-order valence-corrected chi connectivity index (χ4v) is 4.56. The minimum Gasteiger partial charge on any atom is -0.368 e. The van der Waals surface area contributed by atoms with Crippen LogP contribution in [0.25, 0.3) is 0 Å². The molecule has 10 nitrogen and oxygen atoms in total. The van der Waals surface area contributed by atoms with Crippen molar-refractivity contribution in [3.05, 3.63) is 69.2 Å². The van der Waals surface area contributed by atoms with Crippen molar-refractivity contribution in [3.8, 4) is 0 Å². The van der Waals surface area contributed by atoms with Crippen molar-refractivity contribution in [2.24, 2.45) is 0 Å². The van der Waals surface area contributed by atoms with Gasteiger partial charge in [0.1, 0.15) is 11.1 Å². The summed E-state index contributed by atoms with van der Waals surface area (Å²) in [6.45, 7) is 2.73. The van der Waals surface area contributed by atoms with Crippen LogP contribution >= 0.6 is 11.6 Å². The number of carbonyl (C=O) groups is 3. The SMILES string of the molecule is O=C1NCCN(C(=O)c2cccc([N+](=O)[O-])c2Cl)C1CC(=O)N1CCN(c2ccccc2)CC1. The summed E-state index contributed by atoms with van der Waals surface area (Å²) in [5.74, 6) is -1.27. The Morgan fingerprint density at radius 3 is 2.41 bits per heavy atom. The van der Waals surface area contributed by atoms with Crippen LogP contribution in [0.3, 0.4) is 0 Å². The summed E-state index contributed by atoms with van der Waals surface area (Å²) < 4.78 is 0. The molecule has 2 heterocycles. The predicted molar refractivity (Wildman–Crippen MR) is 126 cm³/mol. The van der Waals surface area contributed by atoms with Gasteiger partial charge >= 0.3 is 0 Å². The zero-order chi connectivity index (χ0) is 24.2. The van der Waals surface area contributed by atoms with Crippen LogP contribution in [0.5, 0.6) is 0 Å². The number of nitrogens with zero attached hydrogens (tertiary/aromatic N) is 4. The summed E-state index contributed by atoms with van der Waals surface area (Å²) in [7, 11) is 0. The van der Waals surface area contributed by atoms with Gasteiger partial charge in [-0.15, -0.1) is 0 Å². The van der Waals surface area contributed by atoms with E-state index >= 15 is 0 Å². The molecule has 0 spiro atoms. The smallest absolute Gasteiger partial charge is 0.288 e. The second kappa shape index (κ2) is 10.1. The molecule has 2 aromatic carbocycles. The van der Waals surface area contributed by atoms with Crippen LogP contribution in [0.2, 0.25) is 5.02 Å². The van der Waals surface area contributed by atoms with E-state index in [1.54, 1.807) is 4.90 Å². The largest absolute Gasteiger partial charge is 0.368 e. The molecule has 3 amide bonds. The maximum atomic E-state index is 13.2. The third-order valence-electron chi connectivity index (χ3n) is 6.12. The van der Waals surface area contributed by atoms with Crippen LogP contribution in [-0.4, -0.2) is 77.8 Å². The zero-order valence-electron chi connectivity index (χ0n) is 18.4. The molecule has 34 heavy (non-hydrogen) atoms. The molecule has 0 aliphatic carbocycles. The fraction of sp³-hybridized carbons (Fsp3) is 0.348. The molecule has 0 aromatic heterocycles. The van der Waals surface area contributed by atoms with Gasteiger partial charge in [-0.05, 0) is 18.2 Å². The number of benzene rings is 2. The van der Waals surface area contributed by atoms with Gasteiger partial charge in [0.2, 0.25) is 11.8 Å². The second-order valence-electron chi connectivity index (χ2n) is 8.11. The molecule has 4 rings (SSSR count). The first-order valence-corrected chi connectivity index (χ1v) is 11.3. The highest BCUT2D eigenvalue weighted by Gasteiger charge is 2.37. The summed E-state index contributed by atoms with van der Waals surface area (Å²) in [4.78, 5) is 54.6. The van der Waals surface area contributed by atoms with E-state index in [4.69, 9.17) is 11.6 Å². The fourth-order valence-electron chi connectivity index (χ4n) is 4.29. The number of piperazine rings is 2. The van der Waals surface area contributed by atoms with Crippen molar-refractivity contribution in [1.82, 2.24) is 15.1 Å². The lowest BCUT2D eigenvalue weighted by molar-refractivity contribution is -0.384. The first-order chi connectivity index (χ1) is 16.4. The molecule has 2 aliphatic rings. The molecule has 0 radical (unpaired) electrons. The third-order valence-corrected chi connectivity index (χ3v) is 6.52. The molecule has 2 aliphatic heterocycles. The highest BCUT2D eigenvalue weighted by atomic mass is 35.5. The number of nitro benzene ring substituents is 1. The Kier molecular flexibility index (Phi) is 6.97. The zero-order valence-corrected chi connectivity index (χ0v) is 19.1. The molecule has 2 fully saturated rings. The minimum atomic E-state index is -1.02. The lowest BCUT2D eigenvalue weighted by Crippen LogP contribution is -2.59. The van der Waals surface area contributed by atoms with Gasteiger partial charge in [0.05, 0.1) is 16.9 Å². The number of carbonyl (C=O) groups excluding carboxylic acids is 3. The van der Waals surface area contributed by atoms with Crippen molar-refractivity contribution in [2.75, 3.05) is 44.2 Å². The monoisotopic (exact) mass is 485 g/mol. The second-order valence-corrected chi connectivity index (χ2v) is 8.49. The van der Waals surface area contributed by atoms with Crippen LogP contribution in [0.1, 0.15) is 16.8 Å². The lowest BCUT2D eigenvalue weighted by atomic mass is 10.0. The molecule has 11 heteroatoms. The van der Waals surface area contributed by atoms with Gasteiger partial charge in [-0.3, -0.25) is 24.5 Å². The Labute approximate surface area is 201 Å². The predicted octanol–water partition coefficient (Wildman–Crippen LogP) is 1.93. The Hall–Kier alpha value is -3.66. The lowest BCUT2D eigenvalue weighted by Gasteiger charge is -2.39. The van der Waals surface area contributed by atoms with Crippen molar-refractivity contribution in [2.45, 2.75) is 12.5 Å².